The second kappa shape index (κ2) is 10.5. The number of allylic oxidation sites excluding steroid dienone is 2. The van der Waals surface area contributed by atoms with E-state index in [1.807, 2.05) is 39.8 Å². The van der Waals surface area contributed by atoms with E-state index in [9.17, 15) is 19.8 Å². The van der Waals surface area contributed by atoms with E-state index in [4.69, 9.17) is 9.47 Å². The van der Waals surface area contributed by atoms with E-state index >= 15 is 0 Å². The fourth-order valence-corrected chi connectivity index (χ4v) is 6.04. The Morgan fingerprint density at radius 2 is 1.84 bits per heavy atom. The van der Waals surface area contributed by atoms with Crippen LogP contribution in [0.4, 0.5) is 0 Å². The van der Waals surface area contributed by atoms with Gasteiger partial charge in [0.05, 0.1) is 24.5 Å². The van der Waals surface area contributed by atoms with Gasteiger partial charge in [-0.1, -0.05) is 52.8 Å². The third kappa shape index (κ3) is 5.82. The minimum atomic E-state index is -0.641. The molecule has 0 radical (unpaired) electrons. The summed E-state index contributed by atoms with van der Waals surface area (Å²) in [7, 11) is 0. The van der Waals surface area contributed by atoms with Gasteiger partial charge in [-0.05, 0) is 42.1 Å². The maximum Gasteiger partial charge on any atom is 0.309 e. The molecule has 0 aromatic heterocycles. The van der Waals surface area contributed by atoms with Crippen molar-refractivity contribution < 1.29 is 29.3 Å². The van der Waals surface area contributed by atoms with E-state index in [2.05, 4.69) is 13.0 Å². The molecule has 0 spiro atoms. The molecular weight excluding hydrogens is 408 g/mol. The lowest BCUT2D eigenvalue weighted by molar-refractivity contribution is -0.165. The molecule has 180 valence electrons. The van der Waals surface area contributed by atoms with Gasteiger partial charge >= 0.3 is 11.9 Å². The summed E-state index contributed by atoms with van der Waals surface area (Å²) >= 11 is 0. The molecule has 1 fully saturated rings. The van der Waals surface area contributed by atoms with Crippen molar-refractivity contribution in [2.24, 2.45) is 35.5 Å². The van der Waals surface area contributed by atoms with Crippen molar-refractivity contribution in [3.05, 3.63) is 23.8 Å². The van der Waals surface area contributed by atoms with Crippen LogP contribution in [-0.4, -0.2) is 46.6 Å². The molecule has 0 aromatic rings. The van der Waals surface area contributed by atoms with Crippen molar-refractivity contribution in [3.8, 4) is 0 Å². The highest BCUT2D eigenvalue weighted by atomic mass is 16.6. The van der Waals surface area contributed by atoms with Crippen LogP contribution in [0, 0.1) is 35.5 Å². The minimum Gasteiger partial charge on any atom is -0.462 e. The molecule has 2 aliphatic carbocycles. The van der Waals surface area contributed by atoms with E-state index in [1.54, 1.807) is 0 Å². The zero-order chi connectivity index (χ0) is 23.6. The van der Waals surface area contributed by atoms with Crippen molar-refractivity contribution >= 4 is 11.9 Å². The lowest BCUT2D eigenvalue weighted by atomic mass is 9.66. The Labute approximate surface area is 192 Å². The van der Waals surface area contributed by atoms with Gasteiger partial charge in [-0.2, -0.15) is 0 Å². The number of rotatable bonds is 7. The van der Waals surface area contributed by atoms with Crippen molar-refractivity contribution in [3.63, 3.8) is 0 Å². The van der Waals surface area contributed by atoms with Gasteiger partial charge in [0.15, 0.2) is 0 Å². The highest BCUT2D eigenvalue weighted by Gasteiger charge is 2.43. The number of esters is 2. The molecule has 6 heteroatoms. The Morgan fingerprint density at radius 3 is 2.47 bits per heavy atom. The van der Waals surface area contributed by atoms with Crippen LogP contribution in [0.1, 0.15) is 66.7 Å². The van der Waals surface area contributed by atoms with Crippen LogP contribution >= 0.6 is 0 Å². The molecule has 0 bridgehead atoms. The van der Waals surface area contributed by atoms with Crippen LogP contribution in [-0.2, 0) is 19.1 Å². The molecule has 3 aliphatic rings. The Hall–Kier alpha value is -1.66. The number of cyclic esters (lactones) is 1. The molecule has 1 saturated heterocycles. The molecule has 0 unspecified atom stereocenters. The Morgan fingerprint density at radius 1 is 1.16 bits per heavy atom. The molecule has 7 atom stereocenters. The van der Waals surface area contributed by atoms with Crippen molar-refractivity contribution in [2.75, 3.05) is 0 Å². The first-order valence-electron chi connectivity index (χ1n) is 12.2. The number of carbonyl (C=O) groups is 2. The topological polar surface area (TPSA) is 93.1 Å². The highest BCUT2D eigenvalue weighted by molar-refractivity contribution is 5.73. The summed E-state index contributed by atoms with van der Waals surface area (Å²) in [6, 6.07) is 0. The maximum atomic E-state index is 13.1. The minimum absolute atomic E-state index is 0.00606. The van der Waals surface area contributed by atoms with Crippen molar-refractivity contribution in [2.45, 2.75) is 91.1 Å². The first-order valence-corrected chi connectivity index (χ1v) is 12.2. The molecule has 32 heavy (non-hydrogen) atoms. The Kier molecular flexibility index (Phi) is 8.21. The zero-order valence-corrected chi connectivity index (χ0v) is 20.1. The second-order valence-corrected chi connectivity index (χ2v) is 10.7. The number of ether oxygens (including phenoxy) is 2. The average Bonchev–Trinajstić information content (AvgIpc) is 2.65. The van der Waals surface area contributed by atoms with Crippen LogP contribution in [0.25, 0.3) is 0 Å². The monoisotopic (exact) mass is 448 g/mol. The standard InChI is InChI=1S/C26H40O6/c1-14(2)24(15(3)4)26(30)32-22-12-18(27)10-17-7-6-8-21(25(17)22)16(5)9-20-11-19(28)13-23(29)31-20/h6-7,10,14-16,18-22,24-25,27-28H,8-9,11-13H2,1-5H3/t16-,18+,19+,20+,21-,22-,25-/m0/s1. The Bertz CT molecular complexity index is 731. The molecule has 0 amide bonds. The number of aliphatic hydroxyl groups excluding tert-OH is 2. The summed E-state index contributed by atoms with van der Waals surface area (Å²) in [6.07, 6.45) is 6.54. The van der Waals surface area contributed by atoms with E-state index in [0.29, 0.717) is 19.3 Å². The first-order chi connectivity index (χ1) is 15.1. The number of aliphatic hydroxyl groups is 2. The molecule has 0 aromatic carbocycles. The molecule has 2 N–H and O–H groups in total. The van der Waals surface area contributed by atoms with Crippen LogP contribution in [0.5, 0.6) is 0 Å². The average molecular weight is 449 g/mol. The second-order valence-electron chi connectivity index (χ2n) is 10.7. The molecule has 6 nitrogen and oxygen atoms in total. The summed E-state index contributed by atoms with van der Waals surface area (Å²) < 4.78 is 11.6. The largest absolute Gasteiger partial charge is 0.462 e. The van der Waals surface area contributed by atoms with Crippen LogP contribution < -0.4 is 0 Å². The molecule has 1 heterocycles. The van der Waals surface area contributed by atoms with Gasteiger partial charge in [-0.25, -0.2) is 0 Å². The van der Waals surface area contributed by atoms with E-state index in [0.717, 1.165) is 12.0 Å². The summed E-state index contributed by atoms with van der Waals surface area (Å²) in [5, 5.41) is 20.4. The lowest BCUT2D eigenvalue weighted by Gasteiger charge is -2.43. The predicted octanol–water partition coefficient (Wildman–Crippen LogP) is 3.80. The fourth-order valence-electron chi connectivity index (χ4n) is 6.04. The number of hydrogen-bond acceptors (Lipinski definition) is 6. The van der Waals surface area contributed by atoms with Crippen molar-refractivity contribution in [1.29, 1.82) is 0 Å². The van der Waals surface area contributed by atoms with Crippen LogP contribution in [0.15, 0.2) is 23.8 Å². The molecule has 1 aliphatic heterocycles. The van der Waals surface area contributed by atoms with E-state index in [-0.39, 0.29) is 66.1 Å². The number of carbonyl (C=O) groups excluding carboxylic acids is 2. The third-order valence-corrected chi connectivity index (χ3v) is 7.40. The first kappa shape index (κ1) is 25.0. The summed E-state index contributed by atoms with van der Waals surface area (Å²) in [5.41, 5.74) is 1.02. The van der Waals surface area contributed by atoms with Gasteiger partial charge in [0.1, 0.15) is 12.2 Å². The highest BCUT2D eigenvalue weighted by Crippen LogP contribution is 2.44. The van der Waals surface area contributed by atoms with Gasteiger partial charge in [-0.15, -0.1) is 0 Å². The van der Waals surface area contributed by atoms with Gasteiger partial charge in [0, 0.05) is 18.8 Å². The quantitative estimate of drug-likeness (QED) is 0.576. The number of hydrogen-bond donors (Lipinski definition) is 2. The van der Waals surface area contributed by atoms with Gasteiger partial charge in [0.25, 0.3) is 0 Å². The lowest BCUT2D eigenvalue weighted by Crippen LogP contribution is -2.44. The van der Waals surface area contributed by atoms with E-state index < -0.39 is 12.2 Å². The zero-order valence-electron chi connectivity index (χ0n) is 20.1. The molecule has 3 rings (SSSR count). The molecule has 0 saturated carbocycles. The van der Waals surface area contributed by atoms with Crippen LogP contribution in [0.2, 0.25) is 0 Å². The normalized spacial score (nSPS) is 33.7. The predicted molar refractivity (Wildman–Crippen MR) is 121 cm³/mol. The fraction of sp³-hybridized carbons (Fsp3) is 0.769. The summed E-state index contributed by atoms with van der Waals surface area (Å²) in [5.74, 6) is 0.0552. The summed E-state index contributed by atoms with van der Waals surface area (Å²) in [6.45, 7) is 10.3. The SMILES string of the molecule is CC(C)C(C(=O)O[C@H]1C[C@H](O)C=C2C=CC[C@@H]([C@@H](C)C[C@@H]3C[C@@H](O)CC(=O)O3)[C@H]21)C(C)C. The summed E-state index contributed by atoms with van der Waals surface area (Å²) in [4.78, 5) is 24.9. The van der Waals surface area contributed by atoms with Gasteiger partial charge < -0.3 is 19.7 Å². The maximum absolute atomic E-state index is 13.1. The van der Waals surface area contributed by atoms with Crippen LogP contribution in [0.3, 0.4) is 0 Å². The number of fused-ring (bicyclic) bond motifs is 1. The smallest absolute Gasteiger partial charge is 0.309 e. The van der Waals surface area contributed by atoms with Gasteiger partial charge in [0.2, 0.25) is 0 Å². The Balaban J connectivity index is 1.77. The molecular formula is C26H40O6. The van der Waals surface area contributed by atoms with Crippen molar-refractivity contribution in [1.82, 2.24) is 0 Å². The third-order valence-electron chi connectivity index (χ3n) is 7.40. The van der Waals surface area contributed by atoms with Gasteiger partial charge in [-0.3, -0.25) is 9.59 Å². The van der Waals surface area contributed by atoms with E-state index in [1.165, 1.54) is 0 Å².